The summed E-state index contributed by atoms with van der Waals surface area (Å²) in [7, 11) is 0. The standard InChI is InChI=1S/C14H23Br2NS/c1-14(2,3)17-9-7-5-4-6-8-11-10-12(15)18-13(11)16/h10,17H,4-9H2,1-3H3. The van der Waals surface area contributed by atoms with Crippen LogP contribution in [-0.4, -0.2) is 12.1 Å². The molecule has 0 saturated carbocycles. The molecule has 1 aromatic heterocycles. The average molecular weight is 397 g/mol. The van der Waals surface area contributed by atoms with Crippen molar-refractivity contribution < 1.29 is 0 Å². The maximum absolute atomic E-state index is 3.61. The minimum Gasteiger partial charge on any atom is -0.312 e. The highest BCUT2D eigenvalue weighted by Gasteiger charge is 2.07. The molecule has 0 aliphatic carbocycles. The zero-order valence-electron chi connectivity index (χ0n) is 11.5. The SMILES string of the molecule is CC(C)(C)NCCCCCCc1cc(Br)sc1Br. The third-order valence-electron chi connectivity index (χ3n) is 2.76. The van der Waals surface area contributed by atoms with Crippen LogP contribution in [0.1, 0.15) is 52.0 Å². The summed E-state index contributed by atoms with van der Waals surface area (Å²) in [6.45, 7) is 7.80. The van der Waals surface area contributed by atoms with E-state index in [-0.39, 0.29) is 5.54 Å². The Bertz CT molecular complexity index is 355. The van der Waals surface area contributed by atoms with Crippen molar-refractivity contribution in [2.75, 3.05) is 6.54 Å². The van der Waals surface area contributed by atoms with Crippen molar-refractivity contribution >= 4 is 43.2 Å². The fraction of sp³-hybridized carbons (Fsp3) is 0.714. The van der Waals surface area contributed by atoms with Crippen molar-refractivity contribution in [2.45, 2.75) is 58.4 Å². The number of unbranched alkanes of at least 4 members (excludes halogenated alkanes) is 3. The van der Waals surface area contributed by atoms with Gasteiger partial charge in [-0.05, 0) is 90.1 Å². The molecule has 1 rings (SSSR count). The van der Waals surface area contributed by atoms with E-state index in [4.69, 9.17) is 0 Å². The first-order valence-corrected chi connectivity index (χ1v) is 8.97. The highest BCUT2D eigenvalue weighted by atomic mass is 79.9. The molecule has 0 fully saturated rings. The third kappa shape index (κ3) is 7.27. The summed E-state index contributed by atoms with van der Waals surface area (Å²) >= 11 is 8.90. The van der Waals surface area contributed by atoms with Crippen molar-refractivity contribution in [3.8, 4) is 0 Å². The Morgan fingerprint density at radius 3 is 2.33 bits per heavy atom. The Hall–Kier alpha value is 0.620. The zero-order chi connectivity index (χ0) is 13.6. The molecular weight excluding hydrogens is 374 g/mol. The lowest BCUT2D eigenvalue weighted by molar-refractivity contribution is 0.416. The van der Waals surface area contributed by atoms with Crippen LogP contribution in [0, 0.1) is 0 Å². The van der Waals surface area contributed by atoms with Crippen LogP contribution in [0.3, 0.4) is 0 Å². The van der Waals surface area contributed by atoms with Crippen LogP contribution < -0.4 is 5.32 Å². The van der Waals surface area contributed by atoms with Gasteiger partial charge in [0.1, 0.15) is 0 Å². The van der Waals surface area contributed by atoms with Crippen LogP contribution in [0.4, 0.5) is 0 Å². The van der Waals surface area contributed by atoms with Crippen LogP contribution in [0.5, 0.6) is 0 Å². The summed E-state index contributed by atoms with van der Waals surface area (Å²) in [4.78, 5) is 0. The molecule has 1 N–H and O–H groups in total. The van der Waals surface area contributed by atoms with Crippen LogP contribution in [-0.2, 0) is 6.42 Å². The Balaban J connectivity index is 2.04. The van der Waals surface area contributed by atoms with Gasteiger partial charge in [-0.25, -0.2) is 0 Å². The number of nitrogens with one attached hydrogen (secondary N) is 1. The fourth-order valence-corrected chi connectivity index (χ4v) is 4.72. The molecule has 0 bridgehead atoms. The van der Waals surface area contributed by atoms with E-state index < -0.39 is 0 Å². The lowest BCUT2D eigenvalue weighted by Crippen LogP contribution is -2.36. The molecule has 0 aromatic carbocycles. The second kappa shape index (κ2) is 8.03. The summed E-state index contributed by atoms with van der Waals surface area (Å²) in [5.41, 5.74) is 1.70. The normalized spacial score (nSPS) is 12.1. The van der Waals surface area contributed by atoms with E-state index in [1.54, 1.807) is 11.3 Å². The zero-order valence-corrected chi connectivity index (χ0v) is 15.5. The fourth-order valence-electron chi connectivity index (χ4n) is 1.80. The number of hydrogen-bond donors (Lipinski definition) is 1. The van der Waals surface area contributed by atoms with Gasteiger partial charge in [0.25, 0.3) is 0 Å². The topological polar surface area (TPSA) is 12.0 Å². The molecule has 104 valence electrons. The van der Waals surface area contributed by atoms with E-state index in [1.807, 2.05) is 0 Å². The molecule has 0 atom stereocenters. The predicted molar refractivity (Wildman–Crippen MR) is 89.6 cm³/mol. The van der Waals surface area contributed by atoms with Crippen molar-refractivity contribution in [1.82, 2.24) is 5.32 Å². The monoisotopic (exact) mass is 395 g/mol. The first-order chi connectivity index (χ1) is 8.38. The number of rotatable bonds is 7. The van der Waals surface area contributed by atoms with E-state index in [9.17, 15) is 0 Å². The van der Waals surface area contributed by atoms with Gasteiger partial charge in [-0.3, -0.25) is 0 Å². The third-order valence-corrected chi connectivity index (χ3v) is 5.22. The second-order valence-electron chi connectivity index (χ2n) is 5.69. The summed E-state index contributed by atoms with van der Waals surface area (Å²) in [5, 5.41) is 3.53. The van der Waals surface area contributed by atoms with Gasteiger partial charge in [-0.15, -0.1) is 11.3 Å². The summed E-state index contributed by atoms with van der Waals surface area (Å²) in [5.74, 6) is 0. The lowest BCUT2D eigenvalue weighted by Gasteiger charge is -2.20. The van der Waals surface area contributed by atoms with Crippen LogP contribution in [0.2, 0.25) is 0 Å². The second-order valence-corrected chi connectivity index (χ2v) is 9.44. The molecule has 0 amide bonds. The molecule has 0 aliphatic rings. The van der Waals surface area contributed by atoms with Gasteiger partial charge in [-0.1, -0.05) is 12.8 Å². The quantitative estimate of drug-likeness (QED) is 0.577. The molecule has 1 aromatic rings. The number of thiophene rings is 1. The number of hydrogen-bond acceptors (Lipinski definition) is 2. The highest BCUT2D eigenvalue weighted by Crippen LogP contribution is 2.32. The molecule has 0 unspecified atom stereocenters. The minimum absolute atomic E-state index is 0.258. The number of aryl methyl sites for hydroxylation is 1. The van der Waals surface area contributed by atoms with Crippen molar-refractivity contribution in [3.63, 3.8) is 0 Å². The van der Waals surface area contributed by atoms with E-state index in [0.29, 0.717) is 0 Å². The molecule has 18 heavy (non-hydrogen) atoms. The van der Waals surface area contributed by atoms with E-state index >= 15 is 0 Å². The van der Waals surface area contributed by atoms with Crippen molar-refractivity contribution in [2.24, 2.45) is 0 Å². The largest absolute Gasteiger partial charge is 0.312 e. The van der Waals surface area contributed by atoms with Gasteiger partial charge in [0.15, 0.2) is 0 Å². The van der Waals surface area contributed by atoms with E-state index in [2.05, 4.69) is 64.0 Å². The van der Waals surface area contributed by atoms with Crippen LogP contribution in [0.15, 0.2) is 13.6 Å². The highest BCUT2D eigenvalue weighted by molar-refractivity contribution is 9.12. The van der Waals surface area contributed by atoms with Gasteiger partial charge in [0.05, 0.1) is 7.57 Å². The van der Waals surface area contributed by atoms with Crippen LogP contribution in [0.25, 0.3) is 0 Å². The molecular formula is C14H23Br2NS. The van der Waals surface area contributed by atoms with Gasteiger partial charge in [0.2, 0.25) is 0 Å². The predicted octanol–water partition coefficient (Wildman–Crippen LogP) is 5.76. The smallest absolute Gasteiger partial charge is 0.0742 e. The maximum Gasteiger partial charge on any atom is 0.0742 e. The average Bonchev–Trinajstić information content (AvgIpc) is 2.54. The molecule has 4 heteroatoms. The van der Waals surface area contributed by atoms with Gasteiger partial charge < -0.3 is 5.32 Å². The molecule has 0 aliphatic heterocycles. The molecule has 0 radical (unpaired) electrons. The van der Waals surface area contributed by atoms with E-state index in [1.165, 1.54) is 45.2 Å². The first kappa shape index (κ1) is 16.7. The van der Waals surface area contributed by atoms with E-state index in [0.717, 1.165) is 6.54 Å². The first-order valence-electron chi connectivity index (χ1n) is 6.57. The molecule has 1 heterocycles. The van der Waals surface area contributed by atoms with Crippen molar-refractivity contribution in [3.05, 3.63) is 19.2 Å². The molecule has 0 spiro atoms. The Morgan fingerprint density at radius 2 is 1.78 bits per heavy atom. The Labute approximate surface area is 132 Å². The molecule has 1 nitrogen and oxygen atoms in total. The summed E-state index contributed by atoms with van der Waals surface area (Å²) in [6, 6.07) is 2.23. The van der Waals surface area contributed by atoms with Gasteiger partial charge in [-0.2, -0.15) is 0 Å². The van der Waals surface area contributed by atoms with Gasteiger partial charge >= 0.3 is 0 Å². The Kier molecular flexibility index (Phi) is 7.44. The molecule has 0 saturated heterocycles. The lowest BCUT2D eigenvalue weighted by atomic mass is 10.1. The van der Waals surface area contributed by atoms with Gasteiger partial charge in [0, 0.05) is 5.54 Å². The Morgan fingerprint density at radius 1 is 1.11 bits per heavy atom. The maximum atomic E-state index is 3.61. The summed E-state index contributed by atoms with van der Waals surface area (Å²) in [6.07, 6.45) is 6.41. The summed E-state index contributed by atoms with van der Waals surface area (Å²) < 4.78 is 2.50. The van der Waals surface area contributed by atoms with Crippen molar-refractivity contribution in [1.29, 1.82) is 0 Å². The van der Waals surface area contributed by atoms with Crippen LogP contribution >= 0.6 is 43.2 Å². The minimum atomic E-state index is 0.258. The number of halogens is 2.